The van der Waals surface area contributed by atoms with Crippen LogP contribution in [0.3, 0.4) is 0 Å². The fraction of sp³-hybridized carbons (Fsp3) is 0.0667. The molecular formula is C15H10ClNO2. The van der Waals surface area contributed by atoms with Gasteiger partial charge in [-0.05, 0) is 18.2 Å². The van der Waals surface area contributed by atoms with Crippen molar-refractivity contribution in [1.82, 2.24) is 0 Å². The number of nitriles is 1. The third-order valence-corrected chi connectivity index (χ3v) is 3.07. The summed E-state index contributed by atoms with van der Waals surface area (Å²) in [5.41, 5.74) is 1.01. The van der Waals surface area contributed by atoms with Gasteiger partial charge < -0.3 is 5.11 Å². The lowest BCUT2D eigenvalue weighted by Gasteiger charge is -2.11. The average Bonchev–Trinajstić information content (AvgIpc) is 2.46. The van der Waals surface area contributed by atoms with Gasteiger partial charge in [0.1, 0.15) is 6.10 Å². The summed E-state index contributed by atoms with van der Waals surface area (Å²) in [4.78, 5) is 12.1. The molecule has 2 rings (SSSR count). The zero-order valence-electron chi connectivity index (χ0n) is 9.88. The number of carbonyl (C=O) groups excluding carboxylic acids is 1. The number of rotatable bonds is 3. The molecule has 3 nitrogen and oxygen atoms in total. The van der Waals surface area contributed by atoms with Gasteiger partial charge in [0, 0.05) is 16.1 Å². The first kappa shape index (κ1) is 13.3. The molecule has 0 aliphatic rings. The number of aliphatic hydroxyl groups excluding tert-OH is 1. The Labute approximate surface area is 115 Å². The lowest BCUT2D eigenvalue weighted by atomic mass is 9.99. The lowest BCUT2D eigenvalue weighted by Crippen LogP contribution is -2.12. The van der Waals surface area contributed by atoms with Crippen molar-refractivity contribution < 1.29 is 9.90 Å². The van der Waals surface area contributed by atoms with E-state index in [2.05, 4.69) is 0 Å². The van der Waals surface area contributed by atoms with Gasteiger partial charge in [-0.15, -0.1) is 0 Å². The summed E-state index contributed by atoms with van der Waals surface area (Å²) in [5, 5.41) is 19.2. The van der Waals surface area contributed by atoms with Crippen LogP contribution >= 0.6 is 11.6 Å². The number of benzene rings is 2. The van der Waals surface area contributed by atoms with Crippen molar-refractivity contribution in [2.45, 2.75) is 6.10 Å². The van der Waals surface area contributed by atoms with Crippen LogP contribution < -0.4 is 0 Å². The molecule has 0 heterocycles. The van der Waals surface area contributed by atoms with E-state index >= 15 is 0 Å². The monoisotopic (exact) mass is 271 g/mol. The van der Waals surface area contributed by atoms with Gasteiger partial charge in [-0.3, -0.25) is 4.79 Å². The van der Waals surface area contributed by atoms with Crippen LogP contribution in [0.1, 0.15) is 27.6 Å². The van der Waals surface area contributed by atoms with Gasteiger partial charge in [-0.2, -0.15) is 5.26 Å². The van der Waals surface area contributed by atoms with E-state index in [0.29, 0.717) is 16.1 Å². The molecule has 0 saturated carbocycles. The predicted molar refractivity (Wildman–Crippen MR) is 71.9 cm³/mol. The summed E-state index contributed by atoms with van der Waals surface area (Å²) in [6.45, 7) is 0. The molecule has 0 fully saturated rings. The molecule has 0 saturated heterocycles. The van der Waals surface area contributed by atoms with E-state index < -0.39 is 11.9 Å². The molecule has 4 heteroatoms. The second kappa shape index (κ2) is 5.66. The Hall–Kier alpha value is -2.15. The third-order valence-electron chi connectivity index (χ3n) is 2.72. The number of ketones is 1. The van der Waals surface area contributed by atoms with E-state index in [1.165, 1.54) is 6.07 Å². The topological polar surface area (TPSA) is 61.1 Å². The van der Waals surface area contributed by atoms with Crippen molar-refractivity contribution in [3.05, 3.63) is 70.2 Å². The standard InChI is InChI=1S/C15H10ClNO2/c16-13-7-2-1-6-12(13)15(19)14(18)11-5-3-4-10(8-11)9-17/h1-8,15,19H/t15-/m1/s1. The molecule has 0 unspecified atom stereocenters. The van der Waals surface area contributed by atoms with Gasteiger partial charge in [-0.1, -0.05) is 41.9 Å². The maximum absolute atomic E-state index is 12.1. The van der Waals surface area contributed by atoms with Crippen LogP contribution in [0.15, 0.2) is 48.5 Å². The summed E-state index contributed by atoms with van der Waals surface area (Å²) in [7, 11) is 0. The number of carbonyl (C=O) groups is 1. The molecule has 0 radical (unpaired) electrons. The number of aliphatic hydroxyl groups is 1. The Morgan fingerprint density at radius 1 is 1.21 bits per heavy atom. The number of hydrogen-bond acceptors (Lipinski definition) is 3. The van der Waals surface area contributed by atoms with Gasteiger partial charge in [0.2, 0.25) is 0 Å². The normalized spacial score (nSPS) is 11.6. The number of hydrogen-bond donors (Lipinski definition) is 1. The van der Waals surface area contributed by atoms with Crippen LogP contribution in [0.2, 0.25) is 5.02 Å². The van der Waals surface area contributed by atoms with E-state index in [1.54, 1.807) is 42.5 Å². The van der Waals surface area contributed by atoms with Crippen molar-refractivity contribution in [1.29, 1.82) is 5.26 Å². The number of halogens is 1. The van der Waals surface area contributed by atoms with Crippen LogP contribution in [-0.2, 0) is 0 Å². The zero-order valence-corrected chi connectivity index (χ0v) is 10.6. The van der Waals surface area contributed by atoms with Crippen LogP contribution in [0, 0.1) is 11.3 Å². The summed E-state index contributed by atoms with van der Waals surface area (Å²) in [6.07, 6.45) is -1.33. The second-order valence-corrected chi connectivity index (χ2v) is 4.39. The molecule has 0 aromatic heterocycles. The van der Waals surface area contributed by atoms with Crippen LogP contribution in [0.4, 0.5) is 0 Å². The minimum absolute atomic E-state index is 0.284. The largest absolute Gasteiger partial charge is 0.380 e. The van der Waals surface area contributed by atoms with Crippen molar-refractivity contribution in [2.24, 2.45) is 0 Å². The molecule has 2 aromatic carbocycles. The van der Waals surface area contributed by atoms with Crippen LogP contribution in [-0.4, -0.2) is 10.9 Å². The minimum Gasteiger partial charge on any atom is -0.380 e. The van der Waals surface area contributed by atoms with Gasteiger partial charge in [0.05, 0.1) is 11.6 Å². The minimum atomic E-state index is -1.33. The van der Waals surface area contributed by atoms with Crippen molar-refractivity contribution >= 4 is 17.4 Å². The Bertz CT molecular complexity index is 661. The molecule has 1 N–H and O–H groups in total. The Kier molecular flexibility index (Phi) is 3.96. The first-order valence-electron chi connectivity index (χ1n) is 5.60. The highest BCUT2D eigenvalue weighted by Gasteiger charge is 2.21. The molecule has 0 amide bonds. The number of Topliss-reactive ketones (excluding diaryl/α,β-unsaturated/α-hetero) is 1. The first-order chi connectivity index (χ1) is 9.13. The van der Waals surface area contributed by atoms with Gasteiger partial charge in [0.25, 0.3) is 0 Å². The van der Waals surface area contributed by atoms with Crippen molar-refractivity contribution in [3.63, 3.8) is 0 Å². The maximum Gasteiger partial charge on any atom is 0.195 e. The second-order valence-electron chi connectivity index (χ2n) is 3.98. The van der Waals surface area contributed by atoms with Crippen molar-refractivity contribution in [2.75, 3.05) is 0 Å². The molecule has 0 bridgehead atoms. The maximum atomic E-state index is 12.1. The summed E-state index contributed by atoms with van der Waals surface area (Å²) in [5.74, 6) is -0.481. The number of nitrogens with zero attached hydrogens (tertiary/aromatic N) is 1. The molecular weight excluding hydrogens is 262 g/mol. The molecule has 0 aliphatic heterocycles. The first-order valence-corrected chi connectivity index (χ1v) is 5.98. The lowest BCUT2D eigenvalue weighted by molar-refractivity contribution is 0.0747. The molecule has 0 spiro atoms. The highest BCUT2D eigenvalue weighted by Crippen LogP contribution is 2.25. The van der Waals surface area contributed by atoms with Gasteiger partial charge >= 0.3 is 0 Å². The van der Waals surface area contributed by atoms with E-state index in [4.69, 9.17) is 16.9 Å². The van der Waals surface area contributed by atoms with Gasteiger partial charge in [-0.25, -0.2) is 0 Å². The smallest absolute Gasteiger partial charge is 0.195 e. The SMILES string of the molecule is N#Cc1cccc(C(=O)[C@H](O)c2ccccc2Cl)c1. The quantitative estimate of drug-likeness (QED) is 0.873. The molecule has 2 aromatic rings. The predicted octanol–water partition coefficient (Wildman–Crippen LogP) is 3.13. The molecule has 19 heavy (non-hydrogen) atoms. The highest BCUT2D eigenvalue weighted by atomic mass is 35.5. The fourth-order valence-corrected chi connectivity index (χ4v) is 1.98. The highest BCUT2D eigenvalue weighted by molar-refractivity contribution is 6.31. The van der Waals surface area contributed by atoms with E-state index in [1.807, 2.05) is 6.07 Å². The van der Waals surface area contributed by atoms with E-state index in [9.17, 15) is 9.90 Å². The summed E-state index contributed by atoms with van der Waals surface area (Å²) < 4.78 is 0. The molecule has 0 aliphatic carbocycles. The third kappa shape index (κ3) is 2.82. The van der Waals surface area contributed by atoms with Gasteiger partial charge in [0.15, 0.2) is 5.78 Å². The average molecular weight is 272 g/mol. The van der Waals surface area contributed by atoms with E-state index in [-0.39, 0.29) is 5.56 Å². The summed E-state index contributed by atoms with van der Waals surface area (Å²) in [6, 6.07) is 14.8. The molecule has 94 valence electrons. The fourth-order valence-electron chi connectivity index (χ4n) is 1.74. The Morgan fingerprint density at radius 3 is 2.63 bits per heavy atom. The Balaban J connectivity index is 2.34. The van der Waals surface area contributed by atoms with Crippen LogP contribution in [0.5, 0.6) is 0 Å². The van der Waals surface area contributed by atoms with Crippen LogP contribution in [0.25, 0.3) is 0 Å². The Morgan fingerprint density at radius 2 is 1.95 bits per heavy atom. The zero-order chi connectivity index (χ0) is 13.8. The van der Waals surface area contributed by atoms with E-state index in [0.717, 1.165) is 0 Å². The van der Waals surface area contributed by atoms with Crippen molar-refractivity contribution in [3.8, 4) is 6.07 Å². The summed E-state index contributed by atoms with van der Waals surface area (Å²) >= 11 is 5.94. The molecule has 1 atom stereocenters.